The van der Waals surface area contributed by atoms with Crippen molar-refractivity contribution in [1.82, 2.24) is 5.32 Å². The van der Waals surface area contributed by atoms with Gasteiger partial charge in [-0.25, -0.2) is 0 Å². The molecule has 0 radical (unpaired) electrons. The molecule has 6 heteroatoms. The van der Waals surface area contributed by atoms with E-state index in [2.05, 4.69) is 45.9 Å². The van der Waals surface area contributed by atoms with E-state index < -0.39 is 0 Å². The second-order valence-electron chi connectivity index (χ2n) is 6.56. The zero-order valence-electron chi connectivity index (χ0n) is 14.6. The number of carbonyl (C=O) groups is 1. The molecule has 0 bridgehead atoms. The van der Waals surface area contributed by atoms with Gasteiger partial charge in [-0.1, -0.05) is 30.3 Å². The van der Waals surface area contributed by atoms with Gasteiger partial charge in [0, 0.05) is 18.2 Å². The van der Waals surface area contributed by atoms with Crippen molar-refractivity contribution < 1.29 is 4.79 Å². The van der Waals surface area contributed by atoms with Crippen LogP contribution in [0.25, 0.3) is 0 Å². The number of para-hydroxylation sites is 3. The smallest absolute Gasteiger partial charge is 0.227 e. The molecule has 0 saturated carbocycles. The van der Waals surface area contributed by atoms with Crippen LogP contribution in [0.3, 0.4) is 0 Å². The zero-order valence-corrected chi connectivity index (χ0v) is 16.2. The molecule has 0 spiro atoms. The fourth-order valence-electron chi connectivity index (χ4n) is 3.72. The first-order chi connectivity index (χ1) is 11.8. The maximum Gasteiger partial charge on any atom is 0.227 e. The van der Waals surface area contributed by atoms with Crippen molar-refractivity contribution in [3.8, 4) is 0 Å². The summed E-state index contributed by atoms with van der Waals surface area (Å²) in [5, 5.41) is 6.49. The van der Waals surface area contributed by atoms with Crippen LogP contribution in [0.4, 0.5) is 17.1 Å². The Labute approximate surface area is 167 Å². The van der Waals surface area contributed by atoms with Crippen molar-refractivity contribution in [3.63, 3.8) is 0 Å². The third-order valence-electron chi connectivity index (χ3n) is 5.05. The number of halogens is 2. The van der Waals surface area contributed by atoms with Crippen LogP contribution < -0.4 is 15.5 Å². The van der Waals surface area contributed by atoms with Gasteiger partial charge in [-0.3, -0.25) is 4.79 Å². The van der Waals surface area contributed by atoms with Crippen molar-refractivity contribution in [2.45, 2.75) is 19.3 Å². The van der Waals surface area contributed by atoms with Crippen LogP contribution in [-0.4, -0.2) is 25.5 Å². The van der Waals surface area contributed by atoms with E-state index in [0.29, 0.717) is 0 Å². The minimum Gasteiger partial charge on any atom is -0.339 e. The van der Waals surface area contributed by atoms with Gasteiger partial charge in [-0.15, -0.1) is 24.8 Å². The second kappa shape index (κ2) is 9.26. The third-order valence-corrected chi connectivity index (χ3v) is 5.05. The van der Waals surface area contributed by atoms with Crippen molar-refractivity contribution in [1.29, 1.82) is 0 Å². The Kier molecular flexibility index (Phi) is 7.33. The largest absolute Gasteiger partial charge is 0.339 e. The van der Waals surface area contributed by atoms with E-state index in [1.165, 1.54) is 11.3 Å². The van der Waals surface area contributed by atoms with Crippen LogP contribution in [-0.2, 0) is 11.2 Å². The van der Waals surface area contributed by atoms with E-state index in [-0.39, 0.29) is 36.6 Å². The molecule has 26 heavy (non-hydrogen) atoms. The first-order valence-corrected chi connectivity index (χ1v) is 8.79. The number of hydrogen-bond acceptors (Lipinski definition) is 3. The van der Waals surface area contributed by atoms with Crippen molar-refractivity contribution >= 4 is 47.8 Å². The molecule has 4 nitrogen and oxygen atoms in total. The molecule has 1 amide bonds. The summed E-state index contributed by atoms with van der Waals surface area (Å²) in [5.41, 5.74) is 4.63. The lowest BCUT2D eigenvalue weighted by atomic mass is 9.97. The number of carbonyl (C=O) groups excluding carboxylic acids is 1. The number of anilines is 3. The summed E-state index contributed by atoms with van der Waals surface area (Å²) < 4.78 is 0. The highest BCUT2D eigenvalue weighted by atomic mass is 35.5. The van der Waals surface area contributed by atoms with Gasteiger partial charge in [-0.2, -0.15) is 0 Å². The number of amides is 1. The molecule has 4 rings (SSSR count). The van der Waals surface area contributed by atoms with E-state index in [4.69, 9.17) is 0 Å². The first-order valence-electron chi connectivity index (χ1n) is 8.79. The predicted octanol–water partition coefficient (Wildman–Crippen LogP) is 4.16. The molecule has 2 aromatic rings. The number of hydrogen-bond donors (Lipinski definition) is 2. The van der Waals surface area contributed by atoms with E-state index in [0.717, 1.165) is 50.3 Å². The maximum absolute atomic E-state index is 12.6. The monoisotopic (exact) mass is 393 g/mol. The molecule has 0 unspecified atom stereocenters. The molecule has 2 aliphatic heterocycles. The van der Waals surface area contributed by atoms with Gasteiger partial charge >= 0.3 is 0 Å². The highest BCUT2D eigenvalue weighted by Crippen LogP contribution is 2.38. The van der Waals surface area contributed by atoms with Crippen LogP contribution in [0.5, 0.6) is 0 Å². The van der Waals surface area contributed by atoms with Gasteiger partial charge in [0.05, 0.1) is 11.4 Å². The molecule has 2 N–H and O–H groups in total. The topological polar surface area (TPSA) is 44.4 Å². The molecule has 2 aromatic carbocycles. The predicted molar refractivity (Wildman–Crippen MR) is 112 cm³/mol. The summed E-state index contributed by atoms with van der Waals surface area (Å²) in [4.78, 5) is 14.9. The van der Waals surface area contributed by atoms with E-state index in [9.17, 15) is 4.79 Å². The van der Waals surface area contributed by atoms with E-state index >= 15 is 0 Å². The molecule has 1 fully saturated rings. The molecule has 1 saturated heterocycles. The van der Waals surface area contributed by atoms with Gasteiger partial charge in [0.15, 0.2) is 0 Å². The number of rotatable bonds is 3. The van der Waals surface area contributed by atoms with Crippen molar-refractivity contribution in [2.75, 3.05) is 29.9 Å². The summed E-state index contributed by atoms with van der Waals surface area (Å²) in [7, 11) is 0. The highest BCUT2D eigenvalue weighted by Gasteiger charge is 2.25. The molecule has 2 aliphatic rings. The lowest BCUT2D eigenvalue weighted by molar-refractivity contribution is -0.120. The number of benzene rings is 2. The van der Waals surface area contributed by atoms with E-state index in [1.54, 1.807) is 0 Å². The fourth-order valence-corrected chi connectivity index (χ4v) is 3.72. The average molecular weight is 394 g/mol. The van der Waals surface area contributed by atoms with Gasteiger partial charge in [0.2, 0.25) is 5.91 Å². The molecule has 140 valence electrons. The molecule has 2 heterocycles. The molecule has 0 atom stereocenters. The van der Waals surface area contributed by atoms with E-state index in [1.807, 2.05) is 18.2 Å². The number of nitrogens with zero attached hydrogens (tertiary/aromatic N) is 1. The second-order valence-corrected chi connectivity index (χ2v) is 6.56. The van der Waals surface area contributed by atoms with Gasteiger partial charge in [0.1, 0.15) is 0 Å². The minimum absolute atomic E-state index is 0. The molecule has 0 aromatic heterocycles. The summed E-state index contributed by atoms with van der Waals surface area (Å²) in [6.45, 7) is 2.82. The summed E-state index contributed by atoms with van der Waals surface area (Å²) in [5.74, 6) is 0.265. The van der Waals surface area contributed by atoms with Crippen LogP contribution in [0, 0.1) is 5.92 Å². The van der Waals surface area contributed by atoms with Crippen LogP contribution in [0.1, 0.15) is 18.4 Å². The maximum atomic E-state index is 12.6. The van der Waals surface area contributed by atoms with Crippen LogP contribution >= 0.6 is 24.8 Å². The lowest BCUT2D eigenvalue weighted by Crippen LogP contribution is -2.34. The number of nitrogens with one attached hydrogen (secondary N) is 2. The quantitative estimate of drug-likeness (QED) is 0.822. The Morgan fingerprint density at radius 2 is 1.62 bits per heavy atom. The summed E-state index contributed by atoms with van der Waals surface area (Å²) in [6.07, 6.45) is 2.88. The zero-order chi connectivity index (χ0) is 16.4. The Morgan fingerprint density at radius 3 is 2.38 bits per heavy atom. The Balaban J connectivity index is 0.00000121. The summed E-state index contributed by atoms with van der Waals surface area (Å²) in [6, 6.07) is 16.6. The average Bonchev–Trinajstić information content (AvgIpc) is 3.07. The van der Waals surface area contributed by atoms with Gasteiger partial charge < -0.3 is 15.5 Å². The molecular formula is C20H25Cl2N3O. The minimum atomic E-state index is 0. The number of piperidine rings is 1. The first kappa shape index (κ1) is 20.6. The SMILES string of the molecule is Cl.Cl.O=C(Nc1ccccc1N1CCc2ccccc21)C1CCNCC1. The van der Waals surface area contributed by atoms with Gasteiger partial charge in [-0.05, 0) is 56.1 Å². The molecular weight excluding hydrogens is 369 g/mol. The van der Waals surface area contributed by atoms with Crippen LogP contribution in [0.15, 0.2) is 48.5 Å². The number of fused-ring (bicyclic) bond motifs is 1. The van der Waals surface area contributed by atoms with Crippen molar-refractivity contribution in [3.05, 3.63) is 54.1 Å². The van der Waals surface area contributed by atoms with Crippen LogP contribution in [0.2, 0.25) is 0 Å². The van der Waals surface area contributed by atoms with Crippen molar-refractivity contribution in [2.24, 2.45) is 5.92 Å². The normalized spacial score (nSPS) is 16.2. The molecule has 0 aliphatic carbocycles. The Bertz CT molecular complexity index is 747. The lowest BCUT2D eigenvalue weighted by Gasteiger charge is -2.25. The fraction of sp³-hybridized carbons (Fsp3) is 0.350. The standard InChI is InChI=1S/C20H23N3O.2ClH/c24-20(16-9-12-21-13-10-16)22-17-6-2-4-8-19(17)23-14-11-15-5-1-3-7-18(15)23;;/h1-8,16,21H,9-14H2,(H,22,24);2*1H. The van der Waals surface area contributed by atoms with Gasteiger partial charge in [0.25, 0.3) is 0 Å². The Hall–Kier alpha value is -1.75. The Morgan fingerprint density at radius 1 is 0.962 bits per heavy atom. The summed E-state index contributed by atoms with van der Waals surface area (Å²) >= 11 is 0. The third kappa shape index (κ3) is 4.14. The highest BCUT2D eigenvalue weighted by molar-refractivity contribution is 5.97.